The van der Waals surface area contributed by atoms with Crippen LogP contribution >= 0.6 is 0 Å². The van der Waals surface area contributed by atoms with Crippen LogP contribution in [0.25, 0.3) is 0 Å². The summed E-state index contributed by atoms with van der Waals surface area (Å²) in [5.41, 5.74) is 0. The number of ether oxygens (including phenoxy) is 1. The fraction of sp³-hybridized carbons (Fsp3) is 0.692. The number of hydrogen-bond donors (Lipinski definition) is 1. The van der Waals surface area contributed by atoms with Crippen molar-refractivity contribution >= 4 is 5.95 Å². The lowest BCUT2D eigenvalue weighted by Crippen LogP contribution is -2.56. The molecule has 2 heterocycles. The zero-order valence-corrected chi connectivity index (χ0v) is 11.4. The second-order valence-corrected chi connectivity index (χ2v) is 4.63. The molecular weight excluding hydrogens is 228 g/mol. The lowest BCUT2D eigenvalue weighted by Gasteiger charge is -2.39. The molecule has 0 amide bonds. The molecule has 1 aromatic rings. The normalized spacial score (nSPS) is 24.1. The maximum absolute atomic E-state index is 5.17. The SMILES string of the molecule is CCC1CN(c2nccc(OC)n2)C(CC)CN1. The maximum atomic E-state index is 5.17. The van der Waals surface area contributed by atoms with Crippen molar-refractivity contribution in [1.29, 1.82) is 0 Å². The Morgan fingerprint density at radius 2 is 2.28 bits per heavy atom. The van der Waals surface area contributed by atoms with E-state index in [4.69, 9.17) is 4.74 Å². The van der Waals surface area contributed by atoms with E-state index in [1.54, 1.807) is 19.4 Å². The molecule has 1 fully saturated rings. The van der Waals surface area contributed by atoms with E-state index in [1.165, 1.54) is 0 Å². The van der Waals surface area contributed by atoms with E-state index in [0.29, 0.717) is 18.0 Å². The lowest BCUT2D eigenvalue weighted by atomic mass is 10.1. The predicted octanol–water partition coefficient (Wildman–Crippen LogP) is 1.45. The zero-order valence-electron chi connectivity index (χ0n) is 11.4. The van der Waals surface area contributed by atoms with Crippen LogP contribution < -0.4 is 15.0 Å². The summed E-state index contributed by atoms with van der Waals surface area (Å²) in [6.07, 6.45) is 3.97. The van der Waals surface area contributed by atoms with Crippen molar-refractivity contribution < 1.29 is 4.74 Å². The number of aromatic nitrogens is 2. The first-order valence-electron chi connectivity index (χ1n) is 6.65. The maximum Gasteiger partial charge on any atom is 0.228 e. The molecule has 5 heteroatoms. The molecule has 1 aliphatic rings. The Balaban J connectivity index is 2.20. The molecular formula is C13H22N4O. The first kappa shape index (κ1) is 13.1. The Labute approximate surface area is 109 Å². The predicted molar refractivity (Wildman–Crippen MR) is 72.1 cm³/mol. The molecule has 5 nitrogen and oxygen atoms in total. The quantitative estimate of drug-likeness (QED) is 0.876. The first-order chi connectivity index (χ1) is 8.78. The van der Waals surface area contributed by atoms with Gasteiger partial charge in [0.25, 0.3) is 0 Å². The summed E-state index contributed by atoms with van der Waals surface area (Å²) >= 11 is 0. The van der Waals surface area contributed by atoms with Gasteiger partial charge in [-0.1, -0.05) is 13.8 Å². The molecule has 1 N–H and O–H groups in total. The smallest absolute Gasteiger partial charge is 0.228 e. The Morgan fingerprint density at radius 3 is 2.94 bits per heavy atom. The number of nitrogens with one attached hydrogen (secondary N) is 1. The van der Waals surface area contributed by atoms with Crippen LogP contribution in [0.4, 0.5) is 5.95 Å². The van der Waals surface area contributed by atoms with Crippen LogP contribution in [0.2, 0.25) is 0 Å². The van der Waals surface area contributed by atoms with E-state index < -0.39 is 0 Å². The average molecular weight is 250 g/mol. The number of nitrogens with zero attached hydrogens (tertiary/aromatic N) is 3. The van der Waals surface area contributed by atoms with Crippen LogP contribution in [-0.2, 0) is 0 Å². The number of piperazine rings is 1. The lowest BCUT2D eigenvalue weighted by molar-refractivity contribution is 0.368. The van der Waals surface area contributed by atoms with Gasteiger partial charge in [-0.05, 0) is 12.8 Å². The van der Waals surface area contributed by atoms with Crippen LogP contribution in [0, 0.1) is 0 Å². The number of hydrogen-bond acceptors (Lipinski definition) is 5. The van der Waals surface area contributed by atoms with Gasteiger partial charge < -0.3 is 15.0 Å². The Hall–Kier alpha value is -1.36. The highest BCUT2D eigenvalue weighted by molar-refractivity contribution is 5.35. The van der Waals surface area contributed by atoms with E-state index in [1.807, 2.05) is 0 Å². The molecule has 0 saturated carbocycles. The van der Waals surface area contributed by atoms with Crippen molar-refractivity contribution in [3.8, 4) is 5.88 Å². The minimum absolute atomic E-state index is 0.458. The summed E-state index contributed by atoms with van der Waals surface area (Å²) in [7, 11) is 1.63. The summed E-state index contributed by atoms with van der Waals surface area (Å²) in [6, 6.07) is 2.76. The monoisotopic (exact) mass is 250 g/mol. The molecule has 1 saturated heterocycles. The third-order valence-corrected chi connectivity index (χ3v) is 3.55. The van der Waals surface area contributed by atoms with Gasteiger partial charge in [-0.3, -0.25) is 0 Å². The first-order valence-corrected chi connectivity index (χ1v) is 6.65. The fourth-order valence-corrected chi connectivity index (χ4v) is 2.33. The standard InChI is InChI=1S/C13H22N4O/c1-4-10-9-17(11(5-2)8-15-10)13-14-7-6-12(16-13)18-3/h6-7,10-11,15H,4-5,8-9H2,1-3H3. The summed E-state index contributed by atoms with van der Waals surface area (Å²) < 4.78 is 5.17. The molecule has 0 bridgehead atoms. The largest absolute Gasteiger partial charge is 0.481 e. The highest BCUT2D eigenvalue weighted by atomic mass is 16.5. The van der Waals surface area contributed by atoms with Crippen molar-refractivity contribution in [3.05, 3.63) is 12.3 Å². The summed E-state index contributed by atoms with van der Waals surface area (Å²) in [4.78, 5) is 11.1. The summed E-state index contributed by atoms with van der Waals surface area (Å²) in [6.45, 7) is 6.36. The molecule has 1 aromatic heterocycles. The van der Waals surface area contributed by atoms with Gasteiger partial charge in [-0.2, -0.15) is 4.98 Å². The van der Waals surface area contributed by atoms with Gasteiger partial charge in [-0.15, -0.1) is 0 Å². The zero-order chi connectivity index (χ0) is 13.0. The molecule has 0 spiro atoms. The van der Waals surface area contributed by atoms with Crippen molar-refractivity contribution in [2.24, 2.45) is 0 Å². The summed E-state index contributed by atoms with van der Waals surface area (Å²) in [5.74, 6) is 1.41. The van der Waals surface area contributed by atoms with Gasteiger partial charge in [0.15, 0.2) is 0 Å². The van der Waals surface area contributed by atoms with Crippen LogP contribution in [0.5, 0.6) is 5.88 Å². The average Bonchev–Trinajstić information content (AvgIpc) is 2.46. The van der Waals surface area contributed by atoms with Crippen molar-refractivity contribution in [2.45, 2.75) is 38.8 Å². The Kier molecular flexibility index (Phi) is 4.36. The van der Waals surface area contributed by atoms with Gasteiger partial charge in [-0.25, -0.2) is 4.98 Å². The second kappa shape index (κ2) is 6.00. The van der Waals surface area contributed by atoms with Gasteiger partial charge in [0.2, 0.25) is 11.8 Å². The van der Waals surface area contributed by atoms with Gasteiger partial charge >= 0.3 is 0 Å². The Morgan fingerprint density at radius 1 is 1.44 bits per heavy atom. The van der Waals surface area contributed by atoms with E-state index in [-0.39, 0.29) is 0 Å². The van der Waals surface area contributed by atoms with Crippen LogP contribution in [0.3, 0.4) is 0 Å². The van der Waals surface area contributed by atoms with E-state index >= 15 is 0 Å². The van der Waals surface area contributed by atoms with Crippen LogP contribution in [0.15, 0.2) is 12.3 Å². The minimum Gasteiger partial charge on any atom is -0.481 e. The number of rotatable bonds is 4. The van der Waals surface area contributed by atoms with Gasteiger partial charge in [0.1, 0.15) is 0 Å². The molecule has 0 aromatic carbocycles. The van der Waals surface area contributed by atoms with Crippen molar-refractivity contribution in [1.82, 2.24) is 15.3 Å². The van der Waals surface area contributed by atoms with E-state index in [9.17, 15) is 0 Å². The van der Waals surface area contributed by atoms with Gasteiger partial charge in [0, 0.05) is 37.4 Å². The van der Waals surface area contributed by atoms with Gasteiger partial charge in [0.05, 0.1) is 7.11 Å². The third kappa shape index (κ3) is 2.72. The molecule has 100 valence electrons. The van der Waals surface area contributed by atoms with Crippen molar-refractivity contribution in [2.75, 3.05) is 25.1 Å². The topological polar surface area (TPSA) is 50.3 Å². The molecule has 1 aliphatic heterocycles. The minimum atomic E-state index is 0.458. The molecule has 0 radical (unpaired) electrons. The fourth-order valence-electron chi connectivity index (χ4n) is 2.33. The molecule has 18 heavy (non-hydrogen) atoms. The molecule has 2 rings (SSSR count). The summed E-state index contributed by atoms with van der Waals surface area (Å²) in [5, 5.41) is 3.57. The highest BCUT2D eigenvalue weighted by Gasteiger charge is 2.27. The van der Waals surface area contributed by atoms with Crippen molar-refractivity contribution in [3.63, 3.8) is 0 Å². The third-order valence-electron chi connectivity index (χ3n) is 3.55. The second-order valence-electron chi connectivity index (χ2n) is 4.63. The molecule has 2 atom stereocenters. The van der Waals surface area contributed by atoms with Crippen LogP contribution in [-0.4, -0.2) is 42.3 Å². The molecule has 0 aliphatic carbocycles. The number of anilines is 1. The molecule has 2 unspecified atom stereocenters. The van der Waals surface area contributed by atoms with E-state index in [2.05, 4.69) is 34.0 Å². The number of methoxy groups -OCH3 is 1. The van der Waals surface area contributed by atoms with Crippen LogP contribution in [0.1, 0.15) is 26.7 Å². The Bertz CT molecular complexity index is 385. The highest BCUT2D eigenvalue weighted by Crippen LogP contribution is 2.20. The van der Waals surface area contributed by atoms with E-state index in [0.717, 1.165) is 31.9 Å².